The van der Waals surface area contributed by atoms with Crippen LogP contribution in [0.1, 0.15) is 32.6 Å². The first-order chi connectivity index (χ1) is 5.88. The van der Waals surface area contributed by atoms with Gasteiger partial charge in [-0.25, -0.2) is 0 Å². The quantitative estimate of drug-likeness (QED) is 0.672. The maximum atomic E-state index is 9.15. The van der Waals surface area contributed by atoms with E-state index in [9.17, 15) is 0 Å². The van der Waals surface area contributed by atoms with Gasteiger partial charge in [0, 0.05) is 6.61 Å². The summed E-state index contributed by atoms with van der Waals surface area (Å²) in [6.07, 6.45) is 4.95. The Balaban J connectivity index is 2.35. The maximum absolute atomic E-state index is 9.15. The van der Waals surface area contributed by atoms with Crippen LogP contribution in [0.2, 0.25) is 0 Å². The van der Waals surface area contributed by atoms with E-state index in [2.05, 4.69) is 12.2 Å². The normalized spacial score (nSPS) is 28.0. The Labute approximate surface area is 75.4 Å². The lowest BCUT2D eigenvalue weighted by atomic mass is 9.85. The summed E-state index contributed by atoms with van der Waals surface area (Å²) >= 11 is 0. The van der Waals surface area contributed by atoms with Gasteiger partial charge in [0.25, 0.3) is 0 Å². The number of nitrogens with one attached hydrogen (secondary N) is 1. The van der Waals surface area contributed by atoms with Crippen molar-refractivity contribution in [2.75, 3.05) is 19.7 Å². The van der Waals surface area contributed by atoms with Crippen molar-refractivity contribution in [3.8, 4) is 0 Å². The highest BCUT2D eigenvalue weighted by atomic mass is 16.3. The van der Waals surface area contributed by atoms with Crippen molar-refractivity contribution in [1.29, 1.82) is 0 Å². The van der Waals surface area contributed by atoms with Crippen molar-refractivity contribution < 1.29 is 5.11 Å². The Kier molecular flexibility index (Phi) is 4.62. The zero-order valence-corrected chi connectivity index (χ0v) is 8.05. The third kappa shape index (κ3) is 2.76. The molecule has 2 N–H and O–H groups in total. The van der Waals surface area contributed by atoms with Gasteiger partial charge < -0.3 is 10.4 Å². The third-order valence-corrected chi connectivity index (χ3v) is 3.05. The molecule has 2 nitrogen and oxygen atoms in total. The van der Waals surface area contributed by atoms with Gasteiger partial charge in [0.15, 0.2) is 0 Å². The number of hydrogen-bond donors (Lipinski definition) is 2. The standard InChI is InChI=1S/C10H21NO/c1-2-9(8-12)10-4-3-6-11-7-5-10/h9-12H,2-8H2,1H3. The summed E-state index contributed by atoms with van der Waals surface area (Å²) in [6, 6.07) is 0. The average molecular weight is 171 g/mol. The second-order valence-electron chi connectivity index (χ2n) is 3.79. The van der Waals surface area contributed by atoms with Crippen LogP contribution in [0.5, 0.6) is 0 Å². The van der Waals surface area contributed by atoms with Gasteiger partial charge in [-0.05, 0) is 44.2 Å². The zero-order chi connectivity index (χ0) is 8.81. The Morgan fingerprint density at radius 1 is 1.42 bits per heavy atom. The first-order valence-electron chi connectivity index (χ1n) is 5.20. The van der Waals surface area contributed by atoms with Crippen molar-refractivity contribution >= 4 is 0 Å². The van der Waals surface area contributed by atoms with Gasteiger partial charge in [0.2, 0.25) is 0 Å². The van der Waals surface area contributed by atoms with Gasteiger partial charge in [-0.3, -0.25) is 0 Å². The molecule has 0 amide bonds. The van der Waals surface area contributed by atoms with Crippen molar-refractivity contribution in [3.05, 3.63) is 0 Å². The highest BCUT2D eigenvalue weighted by Crippen LogP contribution is 2.24. The molecule has 72 valence electrons. The molecule has 1 aliphatic heterocycles. The van der Waals surface area contributed by atoms with E-state index in [-0.39, 0.29) is 0 Å². The fourth-order valence-electron chi connectivity index (χ4n) is 2.13. The van der Waals surface area contributed by atoms with E-state index in [0.29, 0.717) is 12.5 Å². The van der Waals surface area contributed by atoms with Gasteiger partial charge in [0.1, 0.15) is 0 Å². The summed E-state index contributed by atoms with van der Waals surface area (Å²) in [4.78, 5) is 0. The van der Waals surface area contributed by atoms with E-state index in [4.69, 9.17) is 5.11 Å². The number of hydrogen-bond acceptors (Lipinski definition) is 2. The van der Waals surface area contributed by atoms with E-state index >= 15 is 0 Å². The highest BCUT2D eigenvalue weighted by molar-refractivity contribution is 4.72. The Bertz CT molecular complexity index is 104. The molecule has 2 unspecified atom stereocenters. The molecule has 1 fully saturated rings. The van der Waals surface area contributed by atoms with E-state index in [1.807, 2.05) is 0 Å². The molecule has 2 heteroatoms. The molecule has 0 aromatic heterocycles. The van der Waals surface area contributed by atoms with Crippen LogP contribution < -0.4 is 5.32 Å². The first-order valence-corrected chi connectivity index (χ1v) is 5.20. The first kappa shape index (κ1) is 10.0. The third-order valence-electron chi connectivity index (χ3n) is 3.05. The van der Waals surface area contributed by atoms with Gasteiger partial charge in [0.05, 0.1) is 0 Å². The summed E-state index contributed by atoms with van der Waals surface area (Å²) in [5, 5.41) is 12.5. The zero-order valence-electron chi connectivity index (χ0n) is 8.05. The fourth-order valence-corrected chi connectivity index (χ4v) is 2.13. The number of rotatable bonds is 3. The van der Waals surface area contributed by atoms with Crippen LogP contribution in [-0.2, 0) is 0 Å². The van der Waals surface area contributed by atoms with Gasteiger partial charge in [-0.2, -0.15) is 0 Å². The van der Waals surface area contributed by atoms with Crippen molar-refractivity contribution in [1.82, 2.24) is 5.32 Å². The summed E-state index contributed by atoms with van der Waals surface area (Å²) in [7, 11) is 0. The highest BCUT2D eigenvalue weighted by Gasteiger charge is 2.19. The van der Waals surface area contributed by atoms with Crippen LogP contribution in [-0.4, -0.2) is 24.8 Å². The van der Waals surface area contributed by atoms with Crippen LogP contribution >= 0.6 is 0 Å². The van der Waals surface area contributed by atoms with Gasteiger partial charge in [-0.1, -0.05) is 13.3 Å². The van der Waals surface area contributed by atoms with Crippen molar-refractivity contribution in [2.24, 2.45) is 11.8 Å². The molecule has 0 aromatic rings. The lowest BCUT2D eigenvalue weighted by Crippen LogP contribution is -2.19. The van der Waals surface area contributed by atoms with Crippen molar-refractivity contribution in [2.45, 2.75) is 32.6 Å². The minimum absolute atomic E-state index is 0.376. The number of aliphatic hydroxyl groups is 1. The molecule has 0 saturated carbocycles. The molecule has 1 aliphatic rings. The molecule has 12 heavy (non-hydrogen) atoms. The van der Waals surface area contributed by atoms with Crippen LogP contribution in [0.4, 0.5) is 0 Å². The minimum atomic E-state index is 0.376. The molecule has 1 rings (SSSR count). The molecule has 1 saturated heterocycles. The second kappa shape index (κ2) is 5.55. The van der Waals surface area contributed by atoms with E-state index in [1.54, 1.807) is 0 Å². The fraction of sp³-hybridized carbons (Fsp3) is 1.00. The van der Waals surface area contributed by atoms with Crippen LogP contribution in [0.15, 0.2) is 0 Å². The van der Waals surface area contributed by atoms with Gasteiger partial charge >= 0.3 is 0 Å². The lowest BCUT2D eigenvalue weighted by molar-refractivity contribution is 0.162. The second-order valence-corrected chi connectivity index (χ2v) is 3.79. The summed E-state index contributed by atoms with van der Waals surface area (Å²) in [5.74, 6) is 1.31. The molecular formula is C10H21NO. The molecule has 0 spiro atoms. The molecule has 2 atom stereocenters. The average Bonchev–Trinajstić information content (AvgIpc) is 2.35. The monoisotopic (exact) mass is 171 g/mol. The Morgan fingerprint density at radius 3 is 2.92 bits per heavy atom. The smallest absolute Gasteiger partial charge is 0.0461 e. The van der Waals surface area contributed by atoms with Crippen LogP contribution in [0.25, 0.3) is 0 Å². The molecule has 0 radical (unpaired) electrons. The van der Waals surface area contributed by atoms with E-state index < -0.39 is 0 Å². The summed E-state index contributed by atoms with van der Waals surface area (Å²) in [6.45, 7) is 4.86. The maximum Gasteiger partial charge on any atom is 0.0461 e. The van der Waals surface area contributed by atoms with E-state index in [0.717, 1.165) is 18.9 Å². The predicted molar refractivity (Wildman–Crippen MR) is 51.1 cm³/mol. The predicted octanol–water partition coefficient (Wildman–Crippen LogP) is 1.39. The molecule has 0 aromatic carbocycles. The molecule has 0 bridgehead atoms. The molecular weight excluding hydrogens is 150 g/mol. The van der Waals surface area contributed by atoms with Gasteiger partial charge in [-0.15, -0.1) is 0 Å². The Hall–Kier alpha value is -0.0800. The minimum Gasteiger partial charge on any atom is -0.396 e. The largest absolute Gasteiger partial charge is 0.396 e. The van der Waals surface area contributed by atoms with Crippen molar-refractivity contribution in [3.63, 3.8) is 0 Å². The van der Waals surface area contributed by atoms with E-state index in [1.165, 1.54) is 25.8 Å². The molecule has 1 heterocycles. The SMILES string of the molecule is CCC(CO)C1CCCNCC1. The topological polar surface area (TPSA) is 32.3 Å². The molecule has 0 aliphatic carbocycles. The lowest BCUT2D eigenvalue weighted by Gasteiger charge is -2.22. The van der Waals surface area contributed by atoms with Crippen LogP contribution in [0.3, 0.4) is 0 Å². The number of aliphatic hydroxyl groups excluding tert-OH is 1. The van der Waals surface area contributed by atoms with Crippen LogP contribution in [0, 0.1) is 11.8 Å². The summed E-state index contributed by atoms with van der Waals surface area (Å²) in [5.41, 5.74) is 0. The summed E-state index contributed by atoms with van der Waals surface area (Å²) < 4.78 is 0. The Morgan fingerprint density at radius 2 is 2.25 bits per heavy atom.